The van der Waals surface area contributed by atoms with E-state index in [1.54, 1.807) is 40.7 Å². The van der Waals surface area contributed by atoms with Gasteiger partial charge in [0.05, 0.1) is 11.5 Å². The first kappa shape index (κ1) is 18.7. The highest BCUT2D eigenvalue weighted by Gasteiger charge is 2.24. The number of rotatable bonds is 7. The van der Waals surface area contributed by atoms with Gasteiger partial charge in [0.2, 0.25) is 0 Å². The number of allylic oxidation sites excluding steroid dienone is 1. The molecule has 1 N–H and O–H groups in total. The Bertz CT molecular complexity index is 823. The molecule has 136 valence electrons. The maximum absolute atomic E-state index is 13.1. The van der Waals surface area contributed by atoms with Crippen LogP contribution in [-0.2, 0) is 19.4 Å². The Labute approximate surface area is 157 Å². The van der Waals surface area contributed by atoms with E-state index in [-0.39, 0.29) is 11.7 Å². The van der Waals surface area contributed by atoms with Crippen molar-refractivity contribution >= 4 is 33.3 Å². The molecule has 0 aromatic carbocycles. The molecule has 0 saturated carbocycles. The lowest BCUT2D eigenvalue weighted by Crippen LogP contribution is -2.23. The number of nitrogens with zero attached hydrogens (tertiary/aromatic N) is 2. The number of hydrogen-bond donors (Lipinski definition) is 1. The lowest BCUT2D eigenvalue weighted by atomic mass is 9.89. The van der Waals surface area contributed by atoms with Gasteiger partial charge in [-0.3, -0.25) is 9.36 Å². The molecule has 3 rings (SSSR count). The summed E-state index contributed by atoms with van der Waals surface area (Å²) >= 11 is 3.30. The zero-order chi connectivity index (χ0) is 18.0. The zero-order valence-corrected chi connectivity index (χ0v) is 16.6. The third-order valence-electron chi connectivity index (χ3n) is 4.69. The topological polar surface area (TPSA) is 55.1 Å². The average molecular weight is 379 g/mol. The van der Waals surface area contributed by atoms with Crippen LogP contribution in [0.2, 0.25) is 0 Å². The van der Waals surface area contributed by atoms with Crippen LogP contribution in [0, 0.1) is 5.92 Å². The van der Waals surface area contributed by atoms with Crippen molar-refractivity contribution in [3.63, 3.8) is 0 Å². The van der Waals surface area contributed by atoms with Crippen LogP contribution < -0.4 is 5.56 Å². The SMILES string of the molecule is C=CCn1c(SCCC[C@@H](C)O)nc2sc3c(c2c1=O)CC[C@@H](C)C3. The van der Waals surface area contributed by atoms with Gasteiger partial charge in [0.25, 0.3) is 5.56 Å². The van der Waals surface area contributed by atoms with Gasteiger partial charge in [-0.2, -0.15) is 0 Å². The number of fused-ring (bicyclic) bond motifs is 3. The Morgan fingerprint density at radius 2 is 2.36 bits per heavy atom. The summed E-state index contributed by atoms with van der Waals surface area (Å²) in [5, 5.41) is 11.0. The van der Waals surface area contributed by atoms with Crippen molar-refractivity contribution in [2.45, 2.75) is 63.8 Å². The lowest BCUT2D eigenvalue weighted by molar-refractivity contribution is 0.184. The molecular weight excluding hydrogens is 352 g/mol. The van der Waals surface area contributed by atoms with Gasteiger partial charge in [0, 0.05) is 17.2 Å². The maximum atomic E-state index is 13.1. The van der Waals surface area contributed by atoms with Crippen molar-refractivity contribution < 1.29 is 5.11 Å². The number of thiophene rings is 1. The normalized spacial score (nSPS) is 18.3. The van der Waals surface area contributed by atoms with Crippen LogP contribution in [0.15, 0.2) is 22.6 Å². The molecule has 0 radical (unpaired) electrons. The number of aryl methyl sites for hydroxylation is 1. The van der Waals surface area contributed by atoms with Crippen molar-refractivity contribution in [1.82, 2.24) is 9.55 Å². The Morgan fingerprint density at radius 1 is 1.56 bits per heavy atom. The summed E-state index contributed by atoms with van der Waals surface area (Å²) in [5.41, 5.74) is 1.31. The second kappa shape index (κ2) is 8.06. The van der Waals surface area contributed by atoms with Crippen molar-refractivity contribution in [2.24, 2.45) is 5.92 Å². The van der Waals surface area contributed by atoms with E-state index in [0.29, 0.717) is 12.5 Å². The van der Waals surface area contributed by atoms with Crippen molar-refractivity contribution in [3.8, 4) is 0 Å². The van der Waals surface area contributed by atoms with E-state index in [4.69, 9.17) is 4.98 Å². The van der Waals surface area contributed by atoms with Gasteiger partial charge < -0.3 is 5.11 Å². The minimum atomic E-state index is -0.280. The summed E-state index contributed by atoms with van der Waals surface area (Å²) in [7, 11) is 0. The fourth-order valence-corrected chi connectivity index (χ4v) is 5.74. The van der Waals surface area contributed by atoms with Gasteiger partial charge >= 0.3 is 0 Å². The summed E-state index contributed by atoms with van der Waals surface area (Å²) in [6.45, 7) is 8.37. The molecule has 2 aromatic heterocycles. The Morgan fingerprint density at radius 3 is 3.08 bits per heavy atom. The van der Waals surface area contributed by atoms with Crippen LogP contribution in [0.5, 0.6) is 0 Å². The monoisotopic (exact) mass is 378 g/mol. The molecule has 2 atom stereocenters. The molecule has 4 nitrogen and oxygen atoms in total. The van der Waals surface area contributed by atoms with Crippen LogP contribution in [-0.4, -0.2) is 26.5 Å². The Hall–Kier alpha value is -1.11. The highest BCUT2D eigenvalue weighted by Crippen LogP contribution is 2.36. The third kappa shape index (κ3) is 4.01. The number of thioether (sulfide) groups is 1. The zero-order valence-electron chi connectivity index (χ0n) is 15.0. The van der Waals surface area contributed by atoms with Crippen LogP contribution in [0.3, 0.4) is 0 Å². The molecule has 0 unspecified atom stereocenters. The molecule has 0 spiro atoms. The van der Waals surface area contributed by atoms with E-state index in [1.165, 1.54) is 10.4 Å². The van der Waals surface area contributed by atoms with Gasteiger partial charge in [0.15, 0.2) is 5.16 Å². The lowest BCUT2D eigenvalue weighted by Gasteiger charge is -2.17. The predicted octanol–water partition coefficient (Wildman–Crippen LogP) is 4.02. The molecule has 25 heavy (non-hydrogen) atoms. The molecule has 1 aliphatic carbocycles. The van der Waals surface area contributed by atoms with E-state index < -0.39 is 0 Å². The molecule has 0 amide bonds. The minimum absolute atomic E-state index is 0.0787. The van der Waals surface area contributed by atoms with Crippen molar-refractivity contribution in [2.75, 3.05) is 5.75 Å². The van der Waals surface area contributed by atoms with Gasteiger partial charge in [-0.1, -0.05) is 24.8 Å². The molecule has 0 saturated heterocycles. The van der Waals surface area contributed by atoms with Gasteiger partial charge in [-0.05, 0) is 50.5 Å². The van der Waals surface area contributed by atoms with Crippen molar-refractivity contribution in [3.05, 3.63) is 33.4 Å². The predicted molar refractivity (Wildman–Crippen MR) is 107 cm³/mol. The first-order chi connectivity index (χ1) is 12.0. The standard InChI is InChI=1S/C19H26N2O2S2/c1-4-9-21-18(23)16-14-8-7-12(2)11-15(14)25-17(16)20-19(21)24-10-5-6-13(3)22/h4,12-13,22H,1,5-11H2,2-3H3/t12-,13-/m1/s1. The van der Waals surface area contributed by atoms with E-state index in [2.05, 4.69) is 13.5 Å². The molecule has 2 aromatic rings. The minimum Gasteiger partial charge on any atom is -0.393 e. The number of aliphatic hydroxyl groups excluding tert-OH is 1. The Kier molecular flexibility index (Phi) is 6.02. The van der Waals surface area contributed by atoms with Gasteiger partial charge in [-0.15, -0.1) is 17.9 Å². The summed E-state index contributed by atoms with van der Waals surface area (Å²) in [6.07, 6.45) is 6.36. The molecule has 6 heteroatoms. The number of aromatic nitrogens is 2. The maximum Gasteiger partial charge on any atom is 0.263 e. The average Bonchev–Trinajstić information content (AvgIpc) is 2.92. The molecule has 0 aliphatic heterocycles. The summed E-state index contributed by atoms with van der Waals surface area (Å²) < 4.78 is 1.76. The van der Waals surface area contributed by atoms with Crippen LogP contribution in [0.4, 0.5) is 0 Å². The summed E-state index contributed by atoms with van der Waals surface area (Å²) in [5.74, 6) is 1.53. The van der Waals surface area contributed by atoms with Crippen LogP contribution in [0.25, 0.3) is 10.2 Å². The van der Waals surface area contributed by atoms with Gasteiger partial charge in [0.1, 0.15) is 4.83 Å². The summed E-state index contributed by atoms with van der Waals surface area (Å²) in [4.78, 5) is 20.2. The number of aliphatic hydroxyl groups is 1. The summed E-state index contributed by atoms with van der Waals surface area (Å²) in [6, 6.07) is 0. The van der Waals surface area contributed by atoms with E-state index in [9.17, 15) is 9.90 Å². The quantitative estimate of drug-likeness (QED) is 0.342. The second-order valence-corrected chi connectivity index (χ2v) is 9.12. The molecule has 0 bridgehead atoms. The molecule has 1 aliphatic rings. The number of hydrogen-bond acceptors (Lipinski definition) is 5. The van der Waals surface area contributed by atoms with Crippen molar-refractivity contribution in [1.29, 1.82) is 0 Å². The van der Waals surface area contributed by atoms with Crippen LogP contribution in [0.1, 0.15) is 43.6 Å². The fourth-order valence-electron chi connectivity index (χ4n) is 3.35. The Balaban J connectivity index is 1.97. The fraction of sp³-hybridized carbons (Fsp3) is 0.579. The van der Waals surface area contributed by atoms with E-state index >= 15 is 0 Å². The van der Waals surface area contributed by atoms with E-state index in [0.717, 1.165) is 53.2 Å². The smallest absolute Gasteiger partial charge is 0.263 e. The highest BCUT2D eigenvalue weighted by molar-refractivity contribution is 7.99. The van der Waals surface area contributed by atoms with E-state index in [1.807, 2.05) is 0 Å². The third-order valence-corrected chi connectivity index (χ3v) is 6.90. The molecular formula is C19H26N2O2S2. The molecule has 2 heterocycles. The second-order valence-electron chi connectivity index (χ2n) is 6.97. The first-order valence-corrected chi connectivity index (χ1v) is 10.8. The largest absolute Gasteiger partial charge is 0.393 e. The molecule has 0 fully saturated rings. The highest BCUT2D eigenvalue weighted by atomic mass is 32.2. The first-order valence-electron chi connectivity index (χ1n) is 8.98. The van der Waals surface area contributed by atoms with Crippen LogP contribution >= 0.6 is 23.1 Å². The van der Waals surface area contributed by atoms with Gasteiger partial charge in [-0.25, -0.2) is 4.98 Å².